The smallest absolute Gasteiger partial charge is 0.211 e. The second kappa shape index (κ2) is 12.9. The van der Waals surface area contributed by atoms with Crippen LogP contribution < -0.4 is 4.72 Å². The molecule has 0 aliphatic carbocycles. The van der Waals surface area contributed by atoms with Gasteiger partial charge in [-0.25, -0.2) is 13.1 Å². The highest BCUT2D eigenvalue weighted by atomic mass is 32.2. The third kappa shape index (κ3) is 14.1. The molecule has 116 valence electrons. The average molecular weight is 293 g/mol. The summed E-state index contributed by atoms with van der Waals surface area (Å²) in [7, 11) is -3.12. The lowest BCUT2D eigenvalue weighted by Gasteiger charge is -2.06. The molecule has 0 radical (unpaired) electrons. The van der Waals surface area contributed by atoms with Crippen molar-refractivity contribution in [1.82, 2.24) is 4.72 Å². The fourth-order valence-electron chi connectivity index (χ4n) is 1.96. The Morgan fingerprint density at radius 3 is 2.00 bits per heavy atom. The van der Waals surface area contributed by atoms with Crippen molar-refractivity contribution in [3.05, 3.63) is 0 Å². The molecular weight excluding hydrogens is 262 g/mol. The minimum absolute atomic E-state index is 0.0630. The summed E-state index contributed by atoms with van der Waals surface area (Å²) < 4.78 is 25.7. The number of hydrogen-bond acceptors (Lipinski definition) is 3. The van der Waals surface area contributed by atoms with E-state index in [2.05, 4.69) is 11.6 Å². The third-order valence-corrected chi connectivity index (χ3v) is 4.64. The summed E-state index contributed by atoms with van der Waals surface area (Å²) in [5, 5.41) is 8.60. The van der Waals surface area contributed by atoms with Gasteiger partial charge >= 0.3 is 0 Å². The standard InChI is InChI=1S/C14H31NO3S/c1-2-3-4-5-6-7-8-9-12-15-19(17,18)14-11-10-13-16/h15-16H,2-14H2,1H3. The van der Waals surface area contributed by atoms with Gasteiger partial charge in [0.05, 0.1) is 5.75 Å². The SMILES string of the molecule is CCCCCCCCCCNS(=O)(=O)CCCCO. The minimum atomic E-state index is -3.12. The molecule has 5 heteroatoms. The number of hydrogen-bond donors (Lipinski definition) is 2. The molecule has 0 aromatic rings. The van der Waals surface area contributed by atoms with E-state index in [0.717, 1.165) is 12.8 Å². The topological polar surface area (TPSA) is 66.4 Å². The highest BCUT2D eigenvalue weighted by molar-refractivity contribution is 7.89. The van der Waals surface area contributed by atoms with E-state index in [4.69, 9.17) is 5.11 Å². The predicted octanol–water partition coefficient (Wildman–Crippen LogP) is 2.82. The van der Waals surface area contributed by atoms with Gasteiger partial charge in [0.1, 0.15) is 0 Å². The van der Waals surface area contributed by atoms with Crippen LogP contribution >= 0.6 is 0 Å². The van der Waals surface area contributed by atoms with Crippen LogP contribution in [0.3, 0.4) is 0 Å². The largest absolute Gasteiger partial charge is 0.396 e. The Morgan fingerprint density at radius 1 is 0.842 bits per heavy atom. The maximum Gasteiger partial charge on any atom is 0.211 e. The molecule has 0 aromatic carbocycles. The first kappa shape index (κ1) is 18.9. The summed E-state index contributed by atoms with van der Waals surface area (Å²) in [4.78, 5) is 0. The van der Waals surface area contributed by atoms with Crippen LogP contribution in [-0.2, 0) is 10.0 Å². The maximum atomic E-state index is 11.5. The van der Waals surface area contributed by atoms with E-state index in [-0.39, 0.29) is 12.4 Å². The molecule has 0 heterocycles. The molecule has 0 spiro atoms. The van der Waals surface area contributed by atoms with Gasteiger partial charge < -0.3 is 5.11 Å². The Labute approximate surface area is 119 Å². The van der Waals surface area contributed by atoms with Gasteiger partial charge in [0.15, 0.2) is 0 Å². The van der Waals surface area contributed by atoms with E-state index < -0.39 is 10.0 Å². The Balaban J connectivity index is 3.33. The van der Waals surface area contributed by atoms with E-state index in [1.165, 1.54) is 38.5 Å². The summed E-state index contributed by atoms with van der Waals surface area (Å²) in [6, 6.07) is 0. The zero-order valence-corrected chi connectivity index (χ0v) is 13.2. The normalized spacial score (nSPS) is 11.9. The molecule has 2 N–H and O–H groups in total. The van der Waals surface area contributed by atoms with Crippen LogP contribution in [0.25, 0.3) is 0 Å². The van der Waals surface area contributed by atoms with Crippen molar-refractivity contribution in [3.8, 4) is 0 Å². The molecule has 0 bridgehead atoms. The quantitative estimate of drug-likeness (QED) is 0.484. The number of rotatable bonds is 14. The monoisotopic (exact) mass is 293 g/mol. The summed E-state index contributed by atoms with van der Waals surface area (Å²) in [6.07, 6.45) is 10.8. The second-order valence-corrected chi connectivity index (χ2v) is 7.05. The molecule has 0 aliphatic rings. The molecule has 0 fully saturated rings. The lowest BCUT2D eigenvalue weighted by Crippen LogP contribution is -2.27. The van der Waals surface area contributed by atoms with Gasteiger partial charge in [-0.2, -0.15) is 0 Å². The molecule has 0 rings (SSSR count). The molecule has 0 aromatic heterocycles. The third-order valence-electron chi connectivity index (χ3n) is 3.17. The van der Waals surface area contributed by atoms with E-state index in [1.807, 2.05) is 0 Å². The Bertz CT molecular complexity index is 278. The van der Waals surface area contributed by atoms with Crippen molar-refractivity contribution in [1.29, 1.82) is 0 Å². The maximum absolute atomic E-state index is 11.5. The van der Waals surface area contributed by atoms with E-state index in [9.17, 15) is 8.42 Å². The summed E-state index contributed by atoms with van der Waals surface area (Å²) in [6.45, 7) is 2.83. The molecular formula is C14H31NO3S. The van der Waals surface area contributed by atoms with Crippen LogP contribution in [0, 0.1) is 0 Å². The summed E-state index contributed by atoms with van der Waals surface area (Å²) in [5.74, 6) is 0.130. The van der Waals surface area contributed by atoms with E-state index in [0.29, 0.717) is 19.4 Å². The first-order valence-corrected chi connectivity index (χ1v) is 9.36. The van der Waals surface area contributed by atoms with Gasteiger partial charge in [-0.3, -0.25) is 0 Å². The van der Waals surface area contributed by atoms with Gasteiger partial charge in [-0.15, -0.1) is 0 Å². The molecule has 0 unspecified atom stereocenters. The molecule has 19 heavy (non-hydrogen) atoms. The van der Waals surface area contributed by atoms with Crippen molar-refractivity contribution in [2.75, 3.05) is 18.9 Å². The van der Waals surface area contributed by atoms with Crippen LogP contribution in [0.2, 0.25) is 0 Å². The molecule has 0 atom stereocenters. The van der Waals surface area contributed by atoms with Crippen LogP contribution in [0.1, 0.15) is 71.1 Å². The van der Waals surface area contributed by atoms with Gasteiger partial charge in [-0.05, 0) is 19.3 Å². The first-order valence-electron chi connectivity index (χ1n) is 7.70. The van der Waals surface area contributed by atoms with Crippen molar-refractivity contribution in [3.63, 3.8) is 0 Å². The zero-order chi connectivity index (χ0) is 14.4. The molecule has 0 amide bonds. The van der Waals surface area contributed by atoms with Crippen LogP contribution in [-0.4, -0.2) is 32.4 Å². The minimum Gasteiger partial charge on any atom is -0.396 e. The highest BCUT2D eigenvalue weighted by Gasteiger charge is 2.08. The predicted molar refractivity (Wildman–Crippen MR) is 80.7 cm³/mol. The molecule has 0 saturated heterocycles. The summed E-state index contributed by atoms with van der Waals surface area (Å²) >= 11 is 0. The fourth-order valence-corrected chi connectivity index (χ4v) is 3.15. The van der Waals surface area contributed by atoms with Crippen LogP contribution in [0.15, 0.2) is 0 Å². The van der Waals surface area contributed by atoms with Gasteiger partial charge in [0.2, 0.25) is 10.0 Å². The van der Waals surface area contributed by atoms with Crippen LogP contribution in [0.5, 0.6) is 0 Å². The van der Waals surface area contributed by atoms with Crippen molar-refractivity contribution >= 4 is 10.0 Å². The lowest BCUT2D eigenvalue weighted by molar-refractivity contribution is 0.287. The number of nitrogens with one attached hydrogen (secondary N) is 1. The van der Waals surface area contributed by atoms with Crippen molar-refractivity contribution < 1.29 is 13.5 Å². The Hall–Kier alpha value is -0.130. The Morgan fingerprint density at radius 2 is 1.42 bits per heavy atom. The van der Waals surface area contributed by atoms with Crippen molar-refractivity contribution in [2.45, 2.75) is 71.1 Å². The lowest BCUT2D eigenvalue weighted by atomic mass is 10.1. The highest BCUT2D eigenvalue weighted by Crippen LogP contribution is 2.08. The Kier molecular flexibility index (Phi) is 12.8. The summed E-state index contributed by atoms with van der Waals surface area (Å²) in [5.41, 5.74) is 0. The van der Waals surface area contributed by atoms with E-state index >= 15 is 0 Å². The van der Waals surface area contributed by atoms with E-state index in [1.54, 1.807) is 0 Å². The zero-order valence-electron chi connectivity index (χ0n) is 12.4. The van der Waals surface area contributed by atoms with Crippen LogP contribution in [0.4, 0.5) is 0 Å². The number of sulfonamides is 1. The second-order valence-electron chi connectivity index (χ2n) is 5.12. The number of aliphatic hydroxyl groups excluding tert-OH is 1. The number of unbranched alkanes of at least 4 members (excludes halogenated alkanes) is 8. The first-order chi connectivity index (χ1) is 9.12. The van der Waals surface area contributed by atoms with Gasteiger partial charge in [0, 0.05) is 13.2 Å². The number of aliphatic hydroxyl groups is 1. The molecule has 0 saturated carbocycles. The van der Waals surface area contributed by atoms with Gasteiger partial charge in [0.25, 0.3) is 0 Å². The molecule has 0 aliphatic heterocycles. The molecule has 4 nitrogen and oxygen atoms in total. The van der Waals surface area contributed by atoms with Crippen molar-refractivity contribution in [2.24, 2.45) is 0 Å². The fraction of sp³-hybridized carbons (Fsp3) is 1.00. The average Bonchev–Trinajstić information content (AvgIpc) is 2.37. The van der Waals surface area contributed by atoms with Gasteiger partial charge in [-0.1, -0.05) is 51.9 Å².